The minimum Gasteiger partial charge on any atom is -0.381 e. The van der Waals surface area contributed by atoms with E-state index in [9.17, 15) is 8.42 Å². The third-order valence-electron chi connectivity index (χ3n) is 6.22. The first-order valence-electron chi connectivity index (χ1n) is 10.6. The Morgan fingerprint density at radius 3 is 2.65 bits per heavy atom. The average molecular weight is 451 g/mol. The number of aromatic nitrogens is 5. The van der Waals surface area contributed by atoms with E-state index < -0.39 is 21.4 Å². The number of hydrogen-bond acceptors (Lipinski definition) is 8. The van der Waals surface area contributed by atoms with Crippen LogP contribution in [0.2, 0.25) is 0 Å². The minimum atomic E-state index is -3.85. The molecule has 0 bridgehead atoms. The molecule has 4 rings (SSSR count). The molecule has 1 unspecified atom stereocenters. The Kier molecular flexibility index (Phi) is 6.01. The molecule has 1 N–H and O–H groups in total. The lowest BCUT2D eigenvalue weighted by Gasteiger charge is -2.26. The van der Waals surface area contributed by atoms with Gasteiger partial charge >= 0.3 is 0 Å². The van der Waals surface area contributed by atoms with Crippen LogP contribution in [0, 0.1) is 6.92 Å². The summed E-state index contributed by atoms with van der Waals surface area (Å²) in [7, 11) is -2.39. The molecule has 170 valence electrons. The van der Waals surface area contributed by atoms with Crippen molar-refractivity contribution in [3.63, 3.8) is 0 Å². The number of ether oxygens (including phenoxy) is 2. The summed E-state index contributed by atoms with van der Waals surface area (Å²) in [5.74, 6) is 1.15. The van der Waals surface area contributed by atoms with E-state index in [1.807, 2.05) is 11.5 Å². The number of hydrogen-bond donors (Lipinski definition) is 1. The predicted octanol–water partition coefficient (Wildman–Crippen LogP) is 2.30. The predicted molar refractivity (Wildman–Crippen MR) is 114 cm³/mol. The summed E-state index contributed by atoms with van der Waals surface area (Å²) in [5.41, 5.74) is 1.03. The van der Waals surface area contributed by atoms with Crippen LogP contribution in [0.3, 0.4) is 0 Å². The lowest BCUT2D eigenvalue weighted by Crippen LogP contribution is -2.34. The fourth-order valence-corrected chi connectivity index (χ4v) is 5.14. The summed E-state index contributed by atoms with van der Waals surface area (Å²) in [6.07, 6.45) is 6.19. The molecule has 1 saturated heterocycles. The molecule has 2 fully saturated rings. The van der Waals surface area contributed by atoms with Gasteiger partial charge in [0.15, 0.2) is 0 Å². The maximum absolute atomic E-state index is 13.3. The molecular weight excluding hydrogens is 420 g/mol. The molecule has 1 aliphatic carbocycles. The lowest BCUT2D eigenvalue weighted by atomic mass is 10.0. The Hall–Kier alpha value is -2.11. The van der Waals surface area contributed by atoms with Crippen molar-refractivity contribution in [3.05, 3.63) is 29.6 Å². The van der Waals surface area contributed by atoms with Crippen LogP contribution in [-0.4, -0.2) is 58.7 Å². The highest BCUT2D eigenvalue weighted by atomic mass is 32.2. The molecule has 0 spiro atoms. The highest BCUT2D eigenvalue weighted by Gasteiger charge is 2.45. The van der Waals surface area contributed by atoms with E-state index in [2.05, 4.69) is 31.8 Å². The maximum atomic E-state index is 13.3. The standard InChI is InChI=1S/C20H30N6O4S/c1-13-10-22-16(11-21-13)17(29-4)14(2)31(27,28)25-19-24-23-18(15-6-5-9-30-12-15)26(19)20(3)7-8-20/h10-11,14-15,17H,5-9,12H2,1-4H3,(H,24,25)/t14-,15?,17-/m0/s1. The third-order valence-corrected chi connectivity index (χ3v) is 7.92. The van der Waals surface area contributed by atoms with Crippen LogP contribution < -0.4 is 4.72 Å². The van der Waals surface area contributed by atoms with Gasteiger partial charge in [-0.05, 0) is 46.5 Å². The fraction of sp³-hybridized carbons (Fsp3) is 0.700. The van der Waals surface area contributed by atoms with Gasteiger partial charge < -0.3 is 9.47 Å². The van der Waals surface area contributed by atoms with E-state index in [1.54, 1.807) is 19.3 Å². The largest absolute Gasteiger partial charge is 0.381 e. The summed E-state index contributed by atoms with van der Waals surface area (Å²) < 4.78 is 42.3. The molecule has 31 heavy (non-hydrogen) atoms. The molecule has 11 heteroatoms. The Morgan fingerprint density at radius 1 is 1.29 bits per heavy atom. The molecule has 0 aromatic carbocycles. The number of methoxy groups -OCH3 is 1. The molecule has 10 nitrogen and oxygen atoms in total. The highest BCUT2D eigenvalue weighted by Crippen LogP contribution is 2.47. The Labute approximate surface area is 182 Å². The summed E-state index contributed by atoms with van der Waals surface area (Å²) in [4.78, 5) is 8.51. The molecule has 3 atom stereocenters. The van der Waals surface area contributed by atoms with Crippen molar-refractivity contribution in [2.45, 2.75) is 69.3 Å². The second-order valence-electron chi connectivity index (χ2n) is 8.72. The van der Waals surface area contributed by atoms with Gasteiger partial charge in [0.2, 0.25) is 16.0 Å². The van der Waals surface area contributed by atoms with Gasteiger partial charge in [0.05, 0.1) is 24.2 Å². The topological polar surface area (TPSA) is 121 Å². The average Bonchev–Trinajstić information content (AvgIpc) is 3.36. The number of nitrogens with zero attached hydrogens (tertiary/aromatic N) is 5. The summed E-state index contributed by atoms with van der Waals surface area (Å²) in [6.45, 7) is 6.84. The van der Waals surface area contributed by atoms with E-state index in [4.69, 9.17) is 9.47 Å². The minimum absolute atomic E-state index is 0.115. The Morgan fingerprint density at radius 2 is 2.06 bits per heavy atom. The third kappa shape index (κ3) is 4.44. The monoisotopic (exact) mass is 450 g/mol. The van der Waals surface area contributed by atoms with Crippen LogP contribution in [0.1, 0.15) is 68.8 Å². The van der Waals surface area contributed by atoms with Crippen molar-refractivity contribution in [3.8, 4) is 0 Å². The first-order valence-corrected chi connectivity index (χ1v) is 12.2. The Bertz CT molecular complexity index is 1010. The molecule has 0 amide bonds. The van der Waals surface area contributed by atoms with Crippen LogP contribution in [0.25, 0.3) is 0 Å². The lowest BCUT2D eigenvalue weighted by molar-refractivity contribution is 0.0764. The number of anilines is 1. The summed E-state index contributed by atoms with van der Waals surface area (Å²) >= 11 is 0. The second kappa shape index (κ2) is 8.44. The van der Waals surface area contributed by atoms with Gasteiger partial charge in [-0.3, -0.25) is 19.3 Å². The summed E-state index contributed by atoms with van der Waals surface area (Å²) in [6, 6.07) is 0. The van der Waals surface area contributed by atoms with Crippen molar-refractivity contribution in [2.75, 3.05) is 25.0 Å². The molecule has 3 heterocycles. The van der Waals surface area contributed by atoms with Crippen molar-refractivity contribution in [1.29, 1.82) is 0 Å². The number of sulfonamides is 1. The van der Waals surface area contributed by atoms with Gasteiger partial charge in [-0.1, -0.05) is 0 Å². The van der Waals surface area contributed by atoms with E-state index >= 15 is 0 Å². The van der Waals surface area contributed by atoms with Crippen LogP contribution in [-0.2, 0) is 25.0 Å². The zero-order valence-electron chi connectivity index (χ0n) is 18.4. The van der Waals surface area contributed by atoms with Gasteiger partial charge in [0, 0.05) is 31.4 Å². The van der Waals surface area contributed by atoms with Crippen LogP contribution in [0.15, 0.2) is 12.4 Å². The smallest absolute Gasteiger partial charge is 0.240 e. The molecule has 2 aromatic rings. The SMILES string of the molecule is CO[C@H](c1cnc(C)cn1)[C@H](C)S(=O)(=O)Nc1nnc(C2CCCOC2)n1C1(C)CC1. The summed E-state index contributed by atoms with van der Waals surface area (Å²) in [5, 5.41) is 7.69. The van der Waals surface area contributed by atoms with Gasteiger partial charge in [0.25, 0.3) is 0 Å². The van der Waals surface area contributed by atoms with Gasteiger partial charge in [0.1, 0.15) is 17.2 Å². The van der Waals surface area contributed by atoms with E-state index in [1.165, 1.54) is 7.11 Å². The van der Waals surface area contributed by atoms with Crippen molar-refractivity contribution >= 4 is 16.0 Å². The van der Waals surface area contributed by atoms with Crippen molar-refractivity contribution < 1.29 is 17.9 Å². The molecule has 1 aliphatic heterocycles. The highest BCUT2D eigenvalue weighted by molar-refractivity contribution is 7.93. The Balaban J connectivity index is 1.61. The van der Waals surface area contributed by atoms with E-state index in [0.717, 1.165) is 43.8 Å². The molecule has 2 aliphatic rings. The number of rotatable bonds is 8. The van der Waals surface area contributed by atoms with Crippen LogP contribution in [0.4, 0.5) is 5.95 Å². The molecule has 2 aromatic heterocycles. The maximum Gasteiger partial charge on any atom is 0.240 e. The van der Waals surface area contributed by atoms with Gasteiger partial charge in [-0.15, -0.1) is 10.2 Å². The molecular formula is C20H30N6O4S. The molecule has 0 radical (unpaired) electrons. The van der Waals surface area contributed by atoms with Gasteiger partial charge in [-0.2, -0.15) is 0 Å². The zero-order chi connectivity index (χ0) is 22.2. The first-order chi connectivity index (χ1) is 14.7. The van der Waals surface area contributed by atoms with Crippen molar-refractivity contribution in [2.24, 2.45) is 0 Å². The number of nitrogens with one attached hydrogen (secondary N) is 1. The second-order valence-corrected chi connectivity index (χ2v) is 10.8. The molecule has 1 saturated carbocycles. The van der Waals surface area contributed by atoms with E-state index in [0.29, 0.717) is 12.3 Å². The fourth-order valence-electron chi connectivity index (χ4n) is 3.99. The number of aryl methyl sites for hydroxylation is 1. The van der Waals surface area contributed by atoms with Crippen LogP contribution >= 0.6 is 0 Å². The van der Waals surface area contributed by atoms with Gasteiger partial charge in [-0.25, -0.2) is 8.42 Å². The first kappa shape index (κ1) is 22.1. The van der Waals surface area contributed by atoms with E-state index in [-0.39, 0.29) is 17.4 Å². The normalized spacial score (nSPS) is 22.6. The van der Waals surface area contributed by atoms with Crippen molar-refractivity contribution in [1.82, 2.24) is 24.7 Å². The quantitative estimate of drug-likeness (QED) is 0.650. The van der Waals surface area contributed by atoms with Crippen LogP contribution in [0.5, 0.6) is 0 Å². The zero-order valence-corrected chi connectivity index (χ0v) is 19.2.